The Morgan fingerprint density at radius 2 is 1.81 bits per heavy atom. The fourth-order valence-corrected chi connectivity index (χ4v) is 3.76. The monoisotopic (exact) mass is 392 g/mol. The van der Waals surface area contributed by atoms with Gasteiger partial charge in [0.05, 0.1) is 18.8 Å². The van der Waals surface area contributed by atoms with Gasteiger partial charge in [-0.2, -0.15) is 0 Å². The van der Waals surface area contributed by atoms with E-state index in [1.54, 1.807) is 6.08 Å². The van der Waals surface area contributed by atoms with Gasteiger partial charge in [0.25, 0.3) is 0 Å². The summed E-state index contributed by atoms with van der Waals surface area (Å²) >= 11 is 0. The van der Waals surface area contributed by atoms with Crippen LogP contribution in [0.15, 0.2) is 43.0 Å². The molecule has 1 rings (SSSR count). The molecule has 0 spiro atoms. The highest BCUT2D eigenvalue weighted by Crippen LogP contribution is 2.36. The number of aliphatic hydroxyl groups excluding tert-OH is 1. The minimum atomic E-state index is -1.66. The van der Waals surface area contributed by atoms with Crippen molar-refractivity contribution in [2.75, 3.05) is 6.61 Å². The molecular weight excluding hydrogens is 352 g/mol. The van der Waals surface area contributed by atoms with Crippen molar-refractivity contribution in [3.63, 3.8) is 0 Å². The number of hydrogen-bond acceptors (Lipinski definition) is 3. The summed E-state index contributed by atoms with van der Waals surface area (Å²) in [7, 11) is -1.66. The van der Waals surface area contributed by atoms with Crippen LogP contribution in [0.4, 0.5) is 0 Å². The molecule has 1 aromatic carbocycles. The average molecular weight is 393 g/mol. The minimum Gasteiger partial charge on any atom is -0.417 e. The predicted molar refractivity (Wildman–Crippen MR) is 117 cm³/mol. The van der Waals surface area contributed by atoms with E-state index < -0.39 is 8.32 Å². The largest absolute Gasteiger partial charge is 0.417 e. The number of benzene rings is 1. The molecular formula is C23H40O3Si. The maximum atomic E-state index is 10.1. The zero-order valence-electron chi connectivity index (χ0n) is 18.0. The van der Waals surface area contributed by atoms with Crippen molar-refractivity contribution < 1.29 is 14.3 Å². The Labute approximate surface area is 167 Å². The summed E-state index contributed by atoms with van der Waals surface area (Å²) in [5.41, 5.74) is 1.17. The maximum Gasteiger partial charge on any atom is 0.191 e. The van der Waals surface area contributed by atoms with Gasteiger partial charge in [-0.3, -0.25) is 0 Å². The molecule has 0 amide bonds. The van der Waals surface area contributed by atoms with Crippen molar-refractivity contribution in [1.82, 2.24) is 0 Å². The Morgan fingerprint density at radius 1 is 1.15 bits per heavy atom. The lowest BCUT2D eigenvalue weighted by Crippen LogP contribution is -2.40. The first-order valence-electron chi connectivity index (χ1n) is 10.2. The quantitative estimate of drug-likeness (QED) is 0.251. The smallest absolute Gasteiger partial charge is 0.191 e. The third kappa shape index (κ3) is 9.70. The van der Waals surface area contributed by atoms with Crippen LogP contribution >= 0.6 is 0 Å². The minimum absolute atomic E-state index is 0.0630. The lowest BCUT2D eigenvalue weighted by Gasteiger charge is -2.36. The maximum absolute atomic E-state index is 10.1. The van der Waals surface area contributed by atoms with Crippen LogP contribution in [-0.4, -0.2) is 32.2 Å². The Balaban J connectivity index is 2.42. The van der Waals surface area contributed by atoms with Crippen molar-refractivity contribution in [1.29, 1.82) is 0 Å². The summed E-state index contributed by atoms with van der Waals surface area (Å²) in [6.45, 7) is 16.5. The van der Waals surface area contributed by atoms with E-state index in [1.807, 2.05) is 18.2 Å². The van der Waals surface area contributed by atoms with Crippen molar-refractivity contribution in [2.24, 2.45) is 0 Å². The van der Waals surface area contributed by atoms with Gasteiger partial charge in [-0.25, -0.2) is 0 Å². The second kappa shape index (κ2) is 11.8. The second-order valence-electron chi connectivity index (χ2n) is 8.94. The van der Waals surface area contributed by atoms with Gasteiger partial charge in [-0.15, -0.1) is 6.58 Å². The van der Waals surface area contributed by atoms with Gasteiger partial charge in [0, 0.05) is 6.61 Å². The molecule has 0 saturated heterocycles. The molecule has 2 atom stereocenters. The lowest BCUT2D eigenvalue weighted by molar-refractivity contribution is -0.00154. The molecule has 3 nitrogen and oxygen atoms in total. The molecule has 0 unspecified atom stereocenters. The highest BCUT2D eigenvalue weighted by molar-refractivity contribution is 6.74. The van der Waals surface area contributed by atoms with Crippen LogP contribution in [0.2, 0.25) is 18.1 Å². The number of rotatable bonds is 13. The van der Waals surface area contributed by atoms with E-state index in [0.717, 1.165) is 25.9 Å². The first-order valence-corrected chi connectivity index (χ1v) is 13.1. The molecule has 1 N–H and O–H groups in total. The third-order valence-corrected chi connectivity index (χ3v) is 10.0. The molecule has 0 saturated carbocycles. The van der Waals surface area contributed by atoms with Gasteiger partial charge in [0.15, 0.2) is 8.32 Å². The first kappa shape index (κ1) is 24.1. The normalized spacial score (nSPS) is 14.7. The summed E-state index contributed by atoms with van der Waals surface area (Å²) in [5, 5.41) is 10.4. The van der Waals surface area contributed by atoms with Gasteiger partial charge in [-0.05, 0) is 55.8 Å². The van der Waals surface area contributed by atoms with E-state index in [4.69, 9.17) is 9.16 Å². The van der Waals surface area contributed by atoms with Gasteiger partial charge in [0.2, 0.25) is 0 Å². The summed E-state index contributed by atoms with van der Waals surface area (Å²) in [4.78, 5) is 0. The van der Waals surface area contributed by atoms with E-state index in [9.17, 15) is 5.11 Å². The van der Waals surface area contributed by atoms with Crippen molar-refractivity contribution in [2.45, 2.75) is 89.8 Å². The number of ether oxygens (including phenoxy) is 1. The fraction of sp³-hybridized carbons (Fsp3) is 0.652. The zero-order chi connectivity index (χ0) is 20.3. The van der Waals surface area contributed by atoms with Crippen molar-refractivity contribution in [3.8, 4) is 0 Å². The standard InChI is InChI=1S/C23H40O3Si/c1-7-13-21(24)18-22(25-19-20-14-9-8-10-15-20)16-11-12-17-26-27(5,6)23(2,3)4/h7-10,14-15,21-22,24H,1,11-13,16-19H2,2-6H3/t21-,22-/m1/s1. The van der Waals surface area contributed by atoms with E-state index >= 15 is 0 Å². The van der Waals surface area contributed by atoms with Crippen LogP contribution in [-0.2, 0) is 15.8 Å². The van der Waals surface area contributed by atoms with E-state index in [1.165, 1.54) is 5.56 Å². The first-order chi connectivity index (χ1) is 12.7. The fourth-order valence-electron chi connectivity index (χ4n) is 2.67. The summed E-state index contributed by atoms with van der Waals surface area (Å²) in [6, 6.07) is 10.2. The summed E-state index contributed by atoms with van der Waals surface area (Å²) < 4.78 is 12.4. The Hall–Kier alpha value is -0.943. The van der Waals surface area contributed by atoms with Gasteiger partial charge >= 0.3 is 0 Å². The average Bonchev–Trinajstić information content (AvgIpc) is 2.59. The van der Waals surface area contributed by atoms with Gasteiger partial charge < -0.3 is 14.3 Å². The van der Waals surface area contributed by atoms with Crippen LogP contribution in [0.3, 0.4) is 0 Å². The Kier molecular flexibility index (Phi) is 10.5. The van der Waals surface area contributed by atoms with E-state index in [2.05, 4.69) is 52.6 Å². The molecule has 0 aliphatic heterocycles. The van der Waals surface area contributed by atoms with Crippen LogP contribution in [0.1, 0.15) is 58.4 Å². The van der Waals surface area contributed by atoms with Crippen LogP contribution in [0, 0.1) is 0 Å². The number of aliphatic hydroxyl groups is 1. The summed E-state index contributed by atoms with van der Waals surface area (Å²) in [5.74, 6) is 0. The molecule has 1 aromatic rings. The van der Waals surface area contributed by atoms with Gasteiger partial charge in [-0.1, -0.05) is 57.2 Å². The molecule has 0 aliphatic carbocycles. The molecule has 0 heterocycles. The van der Waals surface area contributed by atoms with Crippen LogP contribution in [0.25, 0.3) is 0 Å². The Bertz CT molecular complexity index is 522. The van der Waals surface area contributed by atoms with Crippen molar-refractivity contribution in [3.05, 3.63) is 48.6 Å². The number of hydrogen-bond donors (Lipinski definition) is 1. The zero-order valence-corrected chi connectivity index (χ0v) is 19.0. The molecule has 0 aliphatic rings. The van der Waals surface area contributed by atoms with Gasteiger partial charge in [0.1, 0.15) is 0 Å². The Morgan fingerprint density at radius 3 is 2.41 bits per heavy atom. The molecule has 0 fully saturated rings. The third-order valence-electron chi connectivity index (χ3n) is 5.49. The van der Waals surface area contributed by atoms with Crippen molar-refractivity contribution >= 4 is 8.32 Å². The van der Waals surface area contributed by atoms with E-state index in [0.29, 0.717) is 19.4 Å². The second-order valence-corrected chi connectivity index (χ2v) is 13.7. The lowest BCUT2D eigenvalue weighted by atomic mass is 10.0. The number of unbranched alkanes of at least 4 members (excludes halogenated alkanes) is 1. The summed E-state index contributed by atoms with van der Waals surface area (Å²) in [6.07, 6.45) is 5.75. The molecule has 0 radical (unpaired) electrons. The van der Waals surface area contributed by atoms with E-state index in [-0.39, 0.29) is 17.2 Å². The molecule has 27 heavy (non-hydrogen) atoms. The molecule has 0 bridgehead atoms. The van der Waals surface area contributed by atoms with Crippen LogP contribution in [0.5, 0.6) is 0 Å². The van der Waals surface area contributed by atoms with Crippen LogP contribution < -0.4 is 0 Å². The molecule has 154 valence electrons. The predicted octanol–water partition coefficient (Wildman–Crippen LogP) is 6.09. The molecule has 0 aromatic heterocycles. The highest BCUT2D eigenvalue weighted by atomic mass is 28.4. The SMILES string of the molecule is C=CC[C@@H](O)C[C@@H](CCCCO[Si](C)(C)C(C)(C)C)OCc1ccccc1. The molecule has 4 heteroatoms. The highest BCUT2D eigenvalue weighted by Gasteiger charge is 2.36. The topological polar surface area (TPSA) is 38.7 Å².